The Morgan fingerprint density at radius 2 is 1.65 bits per heavy atom. The predicted molar refractivity (Wildman–Crippen MR) is 120 cm³/mol. The van der Waals surface area contributed by atoms with E-state index in [4.69, 9.17) is 0 Å². The zero-order valence-corrected chi connectivity index (χ0v) is 17.6. The fourth-order valence-corrected chi connectivity index (χ4v) is 3.89. The molecule has 160 valence electrons. The number of piperidine rings is 1. The van der Waals surface area contributed by atoms with E-state index >= 15 is 0 Å². The molecule has 31 heavy (non-hydrogen) atoms. The third-order valence-electron chi connectivity index (χ3n) is 5.60. The Kier molecular flexibility index (Phi) is 6.43. The van der Waals surface area contributed by atoms with Crippen LogP contribution in [0.3, 0.4) is 0 Å². The first-order valence-electron chi connectivity index (χ1n) is 10.6. The van der Waals surface area contributed by atoms with Gasteiger partial charge in [-0.2, -0.15) is 5.10 Å². The third kappa shape index (κ3) is 5.19. The summed E-state index contributed by atoms with van der Waals surface area (Å²) in [6.45, 7) is 3.81. The minimum absolute atomic E-state index is 0.0161. The van der Waals surface area contributed by atoms with Gasteiger partial charge in [-0.25, -0.2) is 4.68 Å². The van der Waals surface area contributed by atoms with Crippen molar-refractivity contribution < 1.29 is 9.59 Å². The van der Waals surface area contributed by atoms with Crippen LogP contribution in [-0.2, 0) is 4.79 Å². The van der Waals surface area contributed by atoms with Crippen LogP contribution in [0.25, 0.3) is 5.69 Å². The second-order valence-corrected chi connectivity index (χ2v) is 7.83. The Hall–Kier alpha value is -3.45. The van der Waals surface area contributed by atoms with Crippen LogP contribution in [0.15, 0.2) is 66.9 Å². The van der Waals surface area contributed by atoms with Gasteiger partial charge in [-0.15, -0.1) is 0 Å². The van der Waals surface area contributed by atoms with Crippen molar-refractivity contribution in [3.05, 3.63) is 78.1 Å². The first-order chi connectivity index (χ1) is 15.1. The van der Waals surface area contributed by atoms with Crippen LogP contribution in [0.5, 0.6) is 0 Å². The molecule has 1 saturated heterocycles. The van der Waals surface area contributed by atoms with Crippen LogP contribution in [0, 0.1) is 6.92 Å². The number of carbonyl (C=O) groups excluding carboxylic acids is 2. The standard InChI is InChI=1S/C24H27N5O2/c1-18-22(16-25-29(18)21-10-6-3-7-11-21)24(31)27-20-12-14-28(15-13-20)17-23(30)26-19-8-4-2-5-9-19/h2-11,16,20H,12-15,17H2,1H3,(H,26,30)(H,27,31). The molecule has 3 aromatic rings. The quantitative estimate of drug-likeness (QED) is 0.646. The Morgan fingerprint density at radius 1 is 1.00 bits per heavy atom. The van der Waals surface area contributed by atoms with Crippen LogP contribution in [0.2, 0.25) is 0 Å². The van der Waals surface area contributed by atoms with Crippen molar-refractivity contribution in [2.24, 2.45) is 0 Å². The first-order valence-corrected chi connectivity index (χ1v) is 10.6. The van der Waals surface area contributed by atoms with E-state index in [1.165, 1.54) is 0 Å². The van der Waals surface area contributed by atoms with Crippen molar-refractivity contribution in [1.82, 2.24) is 20.0 Å². The van der Waals surface area contributed by atoms with Gasteiger partial charge in [0, 0.05) is 24.8 Å². The molecule has 2 N–H and O–H groups in total. The predicted octanol–water partition coefficient (Wildman–Crippen LogP) is 3.01. The number of aromatic nitrogens is 2. The summed E-state index contributed by atoms with van der Waals surface area (Å²) >= 11 is 0. The Morgan fingerprint density at radius 3 is 2.32 bits per heavy atom. The second-order valence-electron chi connectivity index (χ2n) is 7.83. The molecular formula is C24H27N5O2. The van der Waals surface area contributed by atoms with Gasteiger partial charge < -0.3 is 10.6 Å². The maximum Gasteiger partial charge on any atom is 0.254 e. The molecular weight excluding hydrogens is 390 g/mol. The van der Waals surface area contributed by atoms with Gasteiger partial charge in [0.05, 0.1) is 29.7 Å². The molecule has 0 radical (unpaired) electrons. The van der Waals surface area contributed by atoms with Gasteiger partial charge in [-0.1, -0.05) is 36.4 Å². The lowest BCUT2D eigenvalue weighted by atomic mass is 10.0. The van der Waals surface area contributed by atoms with Crippen molar-refractivity contribution in [2.45, 2.75) is 25.8 Å². The summed E-state index contributed by atoms with van der Waals surface area (Å²) in [5, 5.41) is 10.4. The van der Waals surface area contributed by atoms with E-state index in [1.807, 2.05) is 67.6 Å². The van der Waals surface area contributed by atoms with Gasteiger partial charge in [0.2, 0.25) is 5.91 Å². The zero-order chi connectivity index (χ0) is 21.6. The fraction of sp³-hybridized carbons (Fsp3) is 0.292. The van der Waals surface area contributed by atoms with Gasteiger partial charge in [-0.3, -0.25) is 14.5 Å². The molecule has 0 bridgehead atoms. The van der Waals surface area contributed by atoms with E-state index in [9.17, 15) is 9.59 Å². The van der Waals surface area contributed by atoms with Crippen LogP contribution in [-0.4, -0.2) is 52.2 Å². The highest BCUT2D eigenvalue weighted by Gasteiger charge is 2.24. The zero-order valence-electron chi connectivity index (χ0n) is 17.6. The van der Waals surface area contributed by atoms with E-state index in [-0.39, 0.29) is 17.9 Å². The van der Waals surface area contributed by atoms with Crippen molar-refractivity contribution >= 4 is 17.5 Å². The lowest BCUT2D eigenvalue weighted by molar-refractivity contribution is -0.117. The van der Waals surface area contributed by atoms with Gasteiger partial charge >= 0.3 is 0 Å². The van der Waals surface area contributed by atoms with E-state index < -0.39 is 0 Å². The maximum atomic E-state index is 12.8. The summed E-state index contributed by atoms with van der Waals surface area (Å²) in [5.41, 5.74) is 3.15. The summed E-state index contributed by atoms with van der Waals surface area (Å²) < 4.78 is 1.78. The van der Waals surface area contributed by atoms with Crippen molar-refractivity contribution in [3.63, 3.8) is 0 Å². The molecule has 1 fully saturated rings. The highest BCUT2D eigenvalue weighted by Crippen LogP contribution is 2.16. The molecule has 0 unspecified atom stereocenters. The molecule has 0 aliphatic carbocycles. The number of hydrogen-bond acceptors (Lipinski definition) is 4. The lowest BCUT2D eigenvalue weighted by Gasteiger charge is -2.31. The van der Waals surface area contributed by atoms with E-state index in [0.717, 1.165) is 43.0 Å². The SMILES string of the molecule is Cc1c(C(=O)NC2CCN(CC(=O)Nc3ccccc3)CC2)cnn1-c1ccccc1. The minimum Gasteiger partial charge on any atom is -0.349 e. The maximum absolute atomic E-state index is 12.8. The van der Waals surface area contributed by atoms with Crippen molar-refractivity contribution in [3.8, 4) is 5.69 Å². The summed E-state index contributed by atoms with van der Waals surface area (Å²) in [5.74, 6) is -0.113. The van der Waals surface area contributed by atoms with Gasteiger partial charge in [0.1, 0.15) is 0 Å². The largest absolute Gasteiger partial charge is 0.349 e. The van der Waals surface area contributed by atoms with Gasteiger partial charge in [0.25, 0.3) is 5.91 Å². The molecule has 7 heteroatoms. The Labute approximate surface area is 182 Å². The number of hydrogen-bond donors (Lipinski definition) is 2. The van der Waals surface area contributed by atoms with Crippen molar-refractivity contribution in [2.75, 3.05) is 25.0 Å². The van der Waals surface area contributed by atoms with E-state index in [2.05, 4.69) is 20.6 Å². The van der Waals surface area contributed by atoms with Gasteiger partial charge in [-0.05, 0) is 44.0 Å². The first kappa shape index (κ1) is 20.8. The molecule has 1 aliphatic heterocycles. The smallest absolute Gasteiger partial charge is 0.254 e. The molecule has 2 amide bonds. The summed E-state index contributed by atoms with van der Waals surface area (Å²) in [4.78, 5) is 27.2. The molecule has 0 spiro atoms. The highest BCUT2D eigenvalue weighted by molar-refractivity contribution is 5.95. The van der Waals surface area contributed by atoms with E-state index in [0.29, 0.717) is 12.1 Å². The number of nitrogens with zero attached hydrogens (tertiary/aromatic N) is 3. The topological polar surface area (TPSA) is 79.3 Å². The number of carbonyl (C=O) groups is 2. The monoisotopic (exact) mass is 417 g/mol. The summed E-state index contributed by atoms with van der Waals surface area (Å²) in [6, 6.07) is 19.3. The summed E-state index contributed by atoms with van der Waals surface area (Å²) in [7, 11) is 0. The lowest BCUT2D eigenvalue weighted by Crippen LogP contribution is -2.46. The normalized spacial score (nSPS) is 14.9. The second kappa shape index (κ2) is 9.57. The number of likely N-dealkylation sites (tertiary alicyclic amines) is 1. The number of amides is 2. The Balaban J connectivity index is 1.27. The third-order valence-corrected chi connectivity index (χ3v) is 5.60. The highest BCUT2D eigenvalue weighted by atomic mass is 16.2. The number of para-hydroxylation sites is 2. The van der Waals surface area contributed by atoms with Crippen LogP contribution >= 0.6 is 0 Å². The molecule has 0 saturated carbocycles. The molecule has 7 nitrogen and oxygen atoms in total. The summed E-state index contributed by atoms with van der Waals surface area (Å²) in [6.07, 6.45) is 3.26. The minimum atomic E-state index is -0.0973. The average molecular weight is 418 g/mol. The molecule has 1 aromatic heterocycles. The van der Waals surface area contributed by atoms with Gasteiger partial charge in [0.15, 0.2) is 0 Å². The number of anilines is 1. The molecule has 2 aromatic carbocycles. The Bertz CT molecular complexity index is 1020. The average Bonchev–Trinajstić information content (AvgIpc) is 3.18. The molecule has 2 heterocycles. The number of benzene rings is 2. The van der Waals surface area contributed by atoms with Crippen LogP contribution < -0.4 is 10.6 Å². The molecule has 0 atom stereocenters. The van der Waals surface area contributed by atoms with Crippen LogP contribution in [0.4, 0.5) is 5.69 Å². The number of rotatable bonds is 6. The number of nitrogens with one attached hydrogen (secondary N) is 2. The van der Waals surface area contributed by atoms with Crippen molar-refractivity contribution in [1.29, 1.82) is 0 Å². The van der Waals surface area contributed by atoms with E-state index in [1.54, 1.807) is 10.9 Å². The fourth-order valence-electron chi connectivity index (χ4n) is 3.89. The molecule has 4 rings (SSSR count). The van der Waals surface area contributed by atoms with Crippen LogP contribution in [0.1, 0.15) is 28.9 Å². The molecule has 1 aliphatic rings.